The number of pyridine rings is 1. The van der Waals surface area contributed by atoms with Crippen LogP contribution < -0.4 is 10.6 Å². The average Bonchev–Trinajstić information content (AvgIpc) is 2.20. The standard InChI is InChI=1S/C12H21N3/c1-10(2)14-8-7-13-9-12-11(3)5-4-6-15-12/h4-6,10,13-14H,7-9H2,1-3H3. The minimum absolute atomic E-state index is 0.559. The van der Waals surface area contributed by atoms with E-state index >= 15 is 0 Å². The van der Waals surface area contributed by atoms with E-state index in [0.717, 1.165) is 25.3 Å². The van der Waals surface area contributed by atoms with E-state index in [0.29, 0.717) is 6.04 Å². The Morgan fingerprint density at radius 1 is 1.33 bits per heavy atom. The van der Waals surface area contributed by atoms with Crippen LogP contribution in [-0.2, 0) is 6.54 Å². The molecule has 3 heteroatoms. The summed E-state index contributed by atoms with van der Waals surface area (Å²) in [5, 5.41) is 6.74. The second kappa shape index (κ2) is 6.53. The van der Waals surface area contributed by atoms with E-state index in [1.165, 1.54) is 5.56 Å². The van der Waals surface area contributed by atoms with Crippen LogP contribution in [0.1, 0.15) is 25.1 Å². The molecule has 1 rings (SSSR count). The van der Waals surface area contributed by atoms with Crippen LogP contribution in [0.3, 0.4) is 0 Å². The molecule has 1 aromatic rings. The Labute approximate surface area is 92.3 Å². The fourth-order valence-corrected chi connectivity index (χ4v) is 1.36. The van der Waals surface area contributed by atoms with Crippen molar-refractivity contribution in [1.29, 1.82) is 0 Å². The number of hydrogen-bond acceptors (Lipinski definition) is 3. The second-order valence-corrected chi connectivity index (χ2v) is 4.05. The first-order chi connectivity index (χ1) is 7.20. The van der Waals surface area contributed by atoms with Crippen molar-refractivity contribution >= 4 is 0 Å². The number of aryl methyl sites for hydroxylation is 1. The fraction of sp³-hybridized carbons (Fsp3) is 0.583. The van der Waals surface area contributed by atoms with Gasteiger partial charge < -0.3 is 10.6 Å². The Kier molecular flexibility index (Phi) is 5.29. The van der Waals surface area contributed by atoms with E-state index in [9.17, 15) is 0 Å². The molecule has 0 fully saturated rings. The third kappa shape index (κ3) is 4.91. The van der Waals surface area contributed by atoms with Crippen LogP contribution in [0.25, 0.3) is 0 Å². The molecule has 0 aliphatic rings. The molecule has 0 spiro atoms. The van der Waals surface area contributed by atoms with E-state index < -0.39 is 0 Å². The van der Waals surface area contributed by atoms with Gasteiger partial charge in [0.15, 0.2) is 0 Å². The van der Waals surface area contributed by atoms with Gasteiger partial charge in [-0.25, -0.2) is 0 Å². The van der Waals surface area contributed by atoms with Crippen molar-refractivity contribution in [2.75, 3.05) is 13.1 Å². The lowest BCUT2D eigenvalue weighted by Crippen LogP contribution is -2.31. The molecule has 0 bridgehead atoms. The predicted octanol–water partition coefficient (Wildman–Crippen LogP) is 1.48. The number of hydrogen-bond donors (Lipinski definition) is 2. The molecule has 0 amide bonds. The monoisotopic (exact) mass is 207 g/mol. The third-order valence-corrected chi connectivity index (χ3v) is 2.26. The number of nitrogens with zero attached hydrogens (tertiary/aromatic N) is 1. The van der Waals surface area contributed by atoms with Gasteiger partial charge >= 0.3 is 0 Å². The van der Waals surface area contributed by atoms with Gasteiger partial charge in [-0.1, -0.05) is 19.9 Å². The van der Waals surface area contributed by atoms with E-state index in [1.54, 1.807) is 0 Å². The summed E-state index contributed by atoms with van der Waals surface area (Å²) >= 11 is 0. The van der Waals surface area contributed by atoms with Crippen LogP contribution in [-0.4, -0.2) is 24.1 Å². The van der Waals surface area contributed by atoms with Crippen LogP contribution in [0.2, 0.25) is 0 Å². The van der Waals surface area contributed by atoms with Gasteiger partial charge in [0, 0.05) is 31.9 Å². The van der Waals surface area contributed by atoms with Crippen molar-refractivity contribution in [3.05, 3.63) is 29.6 Å². The molecular formula is C12H21N3. The number of aromatic nitrogens is 1. The molecule has 1 heterocycles. The number of rotatable bonds is 6. The minimum atomic E-state index is 0.559. The Bertz CT molecular complexity index is 284. The van der Waals surface area contributed by atoms with Crippen LogP contribution in [0.15, 0.2) is 18.3 Å². The molecule has 3 nitrogen and oxygen atoms in total. The molecule has 84 valence electrons. The van der Waals surface area contributed by atoms with Crippen molar-refractivity contribution in [2.45, 2.75) is 33.4 Å². The quantitative estimate of drug-likeness (QED) is 0.694. The van der Waals surface area contributed by atoms with Gasteiger partial charge in [0.25, 0.3) is 0 Å². The molecule has 0 radical (unpaired) electrons. The first-order valence-electron chi connectivity index (χ1n) is 5.54. The molecule has 15 heavy (non-hydrogen) atoms. The molecule has 2 N–H and O–H groups in total. The molecule has 0 atom stereocenters. The van der Waals surface area contributed by atoms with Gasteiger partial charge in [-0.05, 0) is 18.6 Å². The normalized spacial score (nSPS) is 10.9. The van der Waals surface area contributed by atoms with Crippen molar-refractivity contribution in [3.8, 4) is 0 Å². The highest BCUT2D eigenvalue weighted by Gasteiger charge is 1.97. The van der Waals surface area contributed by atoms with Crippen molar-refractivity contribution < 1.29 is 0 Å². The Balaban J connectivity index is 2.18. The van der Waals surface area contributed by atoms with Crippen LogP contribution in [0, 0.1) is 6.92 Å². The Morgan fingerprint density at radius 2 is 2.13 bits per heavy atom. The molecule has 0 saturated heterocycles. The fourth-order valence-electron chi connectivity index (χ4n) is 1.36. The van der Waals surface area contributed by atoms with Gasteiger partial charge in [-0.3, -0.25) is 4.98 Å². The van der Waals surface area contributed by atoms with E-state index in [-0.39, 0.29) is 0 Å². The van der Waals surface area contributed by atoms with E-state index in [1.807, 2.05) is 12.3 Å². The summed E-state index contributed by atoms with van der Waals surface area (Å²) in [7, 11) is 0. The van der Waals surface area contributed by atoms with E-state index in [2.05, 4.69) is 42.5 Å². The molecule has 0 aromatic carbocycles. The largest absolute Gasteiger partial charge is 0.313 e. The van der Waals surface area contributed by atoms with Crippen molar-refractivity contribution in [3.63, 3.8) is 0 Å². The molecule has 0 saturated carbocycles. The maximum Gasteiger partial charge on any atom is 0.0570 e. The Morgan fingerprint density at radius 3 is 2.80 bits per heavy atom. The van der Waals surface area contributed by atoms with Crippen LogP contribution in [0.4, 0.5) is 0 Å². The summed E-state index contributed by atoms with van der Waals surface area (Å²) in [5.74, 6) is 0. The maximum absolute atomic E-state index is 4.33. The first-order valence-corrected chi connectivity index (χ1v) is 5.54. The predicted molar refractivity (Wildman–Crippen MR) is 63.8 cm³/mol. The number of nitrogens with one attached hydrogen (secondary N) is 2. The van der Waals surface area contributed by atoms with Gasteiger partial charge in [-0.2, -0.15) is 0 Å². The SMILES string of the molecule is Cc1cccnc1CNCCNC(C)C. The molecular weight excluding hydrogens is 186 g/mol. The van der Waals surface area contributed by atoms with E-state index in [4.69, 9.17) is 0 Å². The van der Waals surface area contributed by atoms with Gasteiger partial charge in [0.05, 0.1) is 5.69 Å². The van der Waals surface area contributed by atoms with Crippen molar-refractivity contribution in [1.82, 2.24) is 15.6 Å². The Hall–Kier alpha value is -0.930. The maximum atomic E-state index is 4.33. The highest BCUT2D eigenvalue weighted by atomic mass is 15.0. The van der Waals surface area contributed by atoms with Gasteiger partial charge in [-0.15, -0.1) is 0 Å². The molecule has 0 aliphatic carbocycles. The molecule has 0 unspecified atom stereocenters. The minimum Gasteiger partial charge on any atom is -0.313 e. The molecule has 0 aliphatic heterocycles. The summed E-state index contributed by atoms with van der Waals surface area (Å²) in [5.41, 5.74) is 2.39. The zero-order chi connectivity index (χ0) is 11.1. The highest BCUT2D eigenvalue weighted by Crippen LogP contribution is 2.01. The zero-order valence-corrected chi connectivity index (χ0v) is 9.88. The lowest BCUT2D eigenvalue weighted by molar-refractivity contribution is 0.553. The van der Waals surface area contributed by atoms with Crippen molar-refractivity contribution in [2.24, 2.45) is 0 Å². The smallest absolute Gasteiger partial charge is 0.0570 e. The summed E-state index contributed by atoms with van der Waals surface area (Å²) in [4.78, 5) is 4.33. The highest BCUT2D eigenvalue weighted by molar-refractivity contribution is 5.17. The second-order valence-electron chi connectivity index (χ2n) is 4.05. The average molecular weight is 207 g/mol. The summed E-state index contributed by atoms with van der Waals surface area (Å²) in [6.45, 7) is 9.24. The summed E-state index contributed by atoms with van der Waals surface area (Å²) in [6, 6.07) is 4.62. The zero-order valence-electron chi connectivity index (χ0n) is 9.88. The van der Waals surface area contributed by atoms with Gasteiger partial charge in [0.1, 0.15) is 0 Å². The summed E-state index contributed by atoms with van der Waals surface area (Å²) in [6.07, 6.45) is 1.84. The lowest BCUT2D eigenvalue weighted by Gasteiger charge is -2.09. The molecule has 1 aromatic heterocycles. The van der Waals surface area contributed by atoms with Crippen LogP contribution in [0.5, 0.6) is 0 Å². The van der Waals surface area contributed by atoms with Gasteiger partial charge in [0.2, 0.25) is 0 Å². The third-order valence-electron chi connectivity index (χ3n) is 2.26. The summed E-state index contributed by atoms with van der Waals surface area (Å²) < 4.78 is 0. The lowest BCUT2D eigenvalue weighted by atomic mass is 10.2. The van der Waals surface area contributed by atoms with Crippen LogP contribution >= 0.6 is 0 Å². The first kappa shape index (κ1) is 12.1. The topological polar surface area (TPSA) is 37.0 Å².